The molecule has 1 amide bonds. The number of carboxylic acids is 1. The van der Waals surface area contributed by atoms with E-state index in [4.69, 9.17) is 5.11 Å². The van der Waals surface area contributed by atoms with Gasteiger partial charge in [-0.25, -0.2) is 9.18 Å². The number of carbonyl (C=O) groups excluding carboxylic acids is 1. The van der Waals surface area contributed by atoms with Gasteiger partial charge in [-0.3, -0.25) is 9.69 Å². The lowest BCUT2D eigenvalue weighted by atomic mass is 9.98. The second kappa shape index (κ2) is 3.31. The maximum Gasteiger partial charge on any atom is 0.326 e. The maximum atomic E-state index is 13.3. The van der Waals surface area contributed by atoms with Crippen LogP contribution in [0, 0.1) is 5.82 Å². The molecule has 94 valence electrons. The van der Waals surface area contributed by atoms with E-state index in [9.17, 15) is 14.0 Å². The summed E-state index contributed by atoms with van der Waals surface area (Å²) in [5, 5.41) is 9.06. The monoisotopic (exact) mass is 249 g/mol. The van der Waals surface area contributed by atoms with Gasteiger partial charge in [0.05, 0.1) is 5.41 Å². The van der Waals surface area contributed by atoms with Crippen molar-refractivity contribution in [3.63, 3.8) is 0 Å². The fourth-order valence-corrected chi connectivity index (χ4v) is 2.66. The highest BCUT2D eigenvalue weighted by Gasteiger charge is 2.60. The Kier molecular flexibility index (Phi) is 2.06. The number of anilines is 1. The fourth-order valence-electron chi connectivity index (χ4n) is 2.66. The minimum absolute atomic E-state index is 0.210. The minimum atomic E-state index is -1.06. The molecule has 1 aromatic rings. The van der Waals surface area contributed by atoms with Crippen LogP contribution < -0.4 is 4.90 Å². The molecule has 1 spiro atoms. The second-order valence-electron chi connectivity index (χ2n) is 4.93. The van der Waals surface area contributed by atoms with Crippen molar-refractivity contribution in [3.05, 3.63) is 29.6 Å². The topological polar surface area (TPSA) is 57.6 Å². The van der Waals surface area contributed by atoms with Crippen molar-refractivity contribution in [2.45, 2.75) is 31.2 Å². The summed E-state index contributed by atoms with van der Waals surface area (Å²) in [6.45, 7) is 1.47. The second-order valence-corrected chi connectivity index (χ2v) is 4.93. The molecule has 0 saturated heterocycles. The Balaban J connectivity index is 2.15. The molecule has 18 heavy (non-hydrogen) atoms. The smallest absolute Gasteiger partial charge is 0.326 e. The quantitative estimate of drug-likeness (QED) is 0.867. The zero-order valence-electron chi connectivity index (χ0n) is 9.81. The van der Waals surface area contributed by atoms with E-state index in [-0.39, 0.29) is 5.91 Å². The van der Waals surface area contributed by atoms with Gasteiger partial charge >= 0.3 is 5.97 Å². The van der Waals surface area contributed by atoms with Crippen LogP contribution in [0.15, 0.2) is 18.2 Å². The summed E-state index contributed by atoms with van der Waals surface area (Å²) in [7, 11) is 0. The summed E-state index contributed by atoms with van der Waals surface area (Å²) in [4.78, 5) is 24.7. The number of rotatable bonds is 2. The molecule has 5 heteroatoms. The molecule has 1 aliphatic heterocycles. The Morgan fingerprint density at radius 2 is 2.17 bits per heavy atom. The maximum absolute atomic E-state index is 13.3. The van der Waals surface area contributed by atoms with Crippen molar-refractivity contribution in [3.8, 4) is 0 Å². The molecule has 1 aliphatic carbocycles. The van der Waals surface area contributed by atoms with Gasteiger partial charge in [-0.15, -0.1) is 0 Å². The van der Waals surface area contributed by atoms with Crippen molar-refractivity contribution < 1.29 is 19.1 Å². The number of aliphatic carboxylic acids is 1. The molecule has 3 rings (SSSR count). The third-order valence-corrected chi connectivity index (χ3v) is 3.86. The van der Waals surface area contributed by atoms with Crippen molar-refractivity contribution in [1.29, 1.82) is 0 Å². The van der Waals surface area contributed by atoms with Crippen LogP contribution in [0.4, 0.5) is 10.1 Å². The Hall–Kier alpha value is -1.91. The highest BCUT2D eigenvalue weighted by Crippen LogP contribution is 2.57. The van der Waals surface area contributed by atoms with Gasteiger partial charge < -0.3 is 5.11 Å². The third-order valence-electron chi connectivity index (χ3n) is 3.86. The lowest BCUT2D eigenvalue weighted by Crippen LogP contribution is -2.43. The number of carbonyl (C=O) groups is 2. The highest BCUT2D eigenvalue weighted by atomic mass is 19.1. The zero-order chi connectivity index (χ0) is 13.1. The average Bonchev–Trinajstić information content (AvgIpc) is 3.07. The summed E-state index contributed by atoms with van der Waals surface area (Å²) < 4.78 is 13.3. The fraction of sp³-hybridized carbons (Fsp3) is 0.385. The van der Waals surface area contributed by atoms with Crippen LogP contribution in [0.3, 0.4) is 0 Å². The van der Waals surface area contributed by atoms with Gasteiger partial charge in [0, 0.05) is 5.69 Å². The number of benzene rings is 1. The van der Waals surface area contributed by atoms with Gasteiger partial charge in [0.25, 0.3) is 0 Å². The molecule has 0 bridgehead atoms. The molecule has 1 fully saturated rings. The van der Waals surface area contributed by atoms with E-state index in [1.807, 2.05) is 0 Å². The molecule has 1 N–H and O–H groups in total. The molecule has 0 radical (unpaired) electrons. The number of amides is 1. The first-order chi connectivity index (χ1) is 8.47. The predicted octanol–water partition coefficient (Wildman–Crippen LogP) is 1.68. The van der Waals surface area contributed by atoms with Crippen LogP contribution in [0.1, 0.15) is 25.3 Å². The van der Waals surface area contributed by atoms with E-state index in [1.165, 1.54) is 30.0 Å². The van der Waals surface area contributed by atoms with Gasteiger partial charge in [0.1, 0.15) is 11.9 Å². The number of fused-ring (bicyclic) bond motifs is 2. The van der Waals surface area contributed by atoms with Crippen molar-refractivity contribution >= 4 is 17.6 Å². The number of nitrogens with zero attached hydrogens (tertiary/aromatic N) is 1. The molecule has 1 aromatic carbocycles. The Labute approximate surface area is 103 Å². The van der Waals surface area contributed by atoms with E-state index in [0.29, 0.717) is 24.1 Å². The van der Waals surface area contributed by atoms with Crippen LogP contribution in [-0.2, 0) is 15.0 Å². The lowest BCUT2D eigenvalue weighted by Gasteiger charge is -2.22. The van der Waals surface area contributed by atoms with E-state index < -0.39 is 23.2 Å². The van der Waals surface area contributed by atoms with Crippen LogP contribution in [0.2, 0.25) is 0 Å². The SMILES string of the molecule is CC(C(=O)O)N1C(=O)C2(CC2)c2cc(F)ccc21. The molecule has 1 unspecified atom stereocenters. The number of halogens is 1. The molecule has 1 heterocycles. The van der Waals surface area contributed by atoms with E-state index >= 15 is 0 Å². The third kappa shape index (κ3) is 1.24. The summed E-state index contributed by atoms with van der Waals surface area (Å²) in [6.07, 6.45) is 1.34. The first-order valence-electron chi connectivity index (χ1n) is 5.84. The van der Waals surface area contributed by atoms with E-state index in [1.54, 1.807) is 0 Å². The summed E-state index contributed by atoms with van der Waals surface area (Å²) in [5.41, 5.74) is 0.524. The molecular formula is C13H12FNO3. The highest BCUT2D eigenvalue weighted by molar-refractivity contribution is 6.12. The largest absolute Gasteiger partial charge is 0.480 e. The molecular weight excluding hydrogens is 237 g/mol. The van der Waals surface area contributed by atoms with Crippen molar-refractivity contribution in [2.24, 2.45) is 0 Å². The van der Waals surface area contributed by atoms with E-state index in [2.05, 4.69) is 0 Å². The first-order valence-corrected chi connectivity index (χ1v) is 5.84. The number of hydrogen-bond acceptors (Lipinski definition) is 2. The molecule has 4 nitrogen and oxygen atoms in total. The van der Waals surface area contributed by atoms with Crippen LogP contribution in [0.5, 0.6) is 0 Å². The first kappa shape index (κ1) is 11.2. The zero-order valence-corrected chi connectivity index (χ0v) is 9.81. The lowest BCUT2D eigenvalue weighted by molar-refractivity contribution is -0.139. The van der Waals surface area contributed by atoms with Gasteiger partial charge in [0.15, 0.2) is 0 Å². The van der Waals surface area contributed by atoms with E-state index in [0.717, 1.165) is 0 Å². The molecule has 0 aromatic heterocycles. The normalized spacial score (nSPS) is 21.0. The Morgan fingerprint density at radius 1 is 1.50 bits per heavy atom. The average molecular weight is 249 g/mol. The summed E-state index contributed by atoms with van der Waals surface area (Å²) >= 11 is 0. The Bertz CT molecular complexity index is 565. The number of carboxylic acid groups (broad SMARTS) is 1. The standard InChI is InChI=1S/C13H12FNO3/c1-7(11(16)17)15-10-3-2-8(14)6-9(10)13(4-5-13)12(15)18/h2-3,6-7H,4-5H2,1H3,(H,16,17). The van der Waals surface area contributed by atoms with Gasteiger partial charge in [-0.2, -0.15) is 0 Å². The molecule has 1 atom stereocenters. The molecule has 1 saturated carbocycles. The molecule has 2 aliphatic rings. The summed E-state index contributed by atoms with van der Waals surface area (Å²) in [6, 6.07) is 3.18. The van der Waals surface area contributed by atoms with Crippen molar-refractivity contribution in [1.82, 2.24) is 0 Å². The van der Waals surface area contributed by atoms with Gasteiger partial charge in [-0.05, 0) is 43.5 Å². The minimum Gasteiger partial charge on any atom is -0.480 e. The van der Waals surface area contributed by atoms with Gasteiger partial charge in [-0.1, -0.05) is 0 Å². The summed E-state index contributed by atoms with van der Waals surface area (Å²) in [5.74, 6) is -1.66. The van der Waals surface area contributed by atoms with Gasteiger partial charge in [0.2, 0.25) is 5.91 Å². The van der Waals surface area contributed by atoms with Crippen molar-refractivity contribution in [2.75, 3.05) is 4.90 Å². The van der Waals surface area contributed by atoms with Crippen LogP contribution >= 0.6 is 0 Å². The Morgan fingerprint density at radius 3 is 2.72 bits per heavy atom. The van der Waals surface area contributed by atoms with Crippen LogP contribution in [0.25, 0.3) is 0 Å². The predicted molar refractivity (Wildman–Crippen MR) is 61.9 cm³/mol. The van der Waals surface area contributed by atoms with Crippen LogP contribution in [-0.4, -0.2) is 23.0 Å². The number of hydrogen-bond donors (Lipinski definition) is 1.